The molecule has 0 saturated carbocycles. The number of nitrogens with zero attached hydrogens (tertiary/aromatic N) is 1. The molecule has 1 aromatic heterocycles. The van der Waals surface area contributed by atoms with Crippen LogP contribution in [-0.2, 0) is 0 Å². The molecule has 4 heteroatoms. The maximum absolute atomic E-state index is 10.5. The third-order valence-corrected chi connectivity index (χ3v) is 4.66. The summed E-state index contributed by atoms with van der Waals surface area (Å²) in [5.74, 6) is 0. The minimum absolute atomic E-state index is 0.588. The molecule has 0 saturated heterocycles. The number of hydrogen-bond donors (Lipinski definition) is 1. The summed E-state index contributed by atoms with van der Waals surface area (Å²) in [6.45, 7) is 1.96. The first-order valence-electron chi connectivity index (χ1n) is 6.55. The van der Waals surface area contributed by atoms with Gasteiger partial charge in [0.1, 0.15) is 6.10 Å². The number of halogens is 2. The summed E-state index contributed by atoms with van der Waals surface area (Å²) in [6, 6.07) is 15.2. The van der Waals surface area contributed by atoms with Crippen LogP contribution in [0.15, 0.2) is 53.0 Å². The molecule has 0 radical (unpaired) electrons. The molecule has 2 aromatic carbocycles. The molecule has 0 amide bonds. The summed E-state index contributed by atoms with van der Waals surface area (Å²) in [5.41, 5.74) is 3.50. The van der Waals surface area contributed by atoms with Gasteiger partial charge in [0.25, 0.3) is 0 Å². The van der Waals surface area contributed by atoms with E-state index in [1.54, 1.807) is 6.07 Å². The van der Waals surface area contributed by atoms with Crippen LogP contribution in [0.3, 0.4) is 0 Å². The average Bonchev–Trinajstić information content (AvgIpc) is 2.49. The number of rotatable bonds is 2. The van der Waals surface area contributed by atoms with Crippen molar-refractivity contribution in [3.05, 3.63) is 74.8 Å². The quantitative estimate of drug-likeness (QED) is 0.692. The topological polar surface area (TPSA) is 33.1 Å². The second-order valence-electron chi connectivity index (χ2n) is 4.98. The van der Waals surface area contributed by atoms with E-state index in [2.05, 4.69) is 20.9 Å². The lowest BCUT2D eigenvalue weighted by molar-refractivity contribution is 0.220. The zero-order valence-corrected chi connectivity index (χ0v) is 13.7. The van der Waals surface area contributed by atoms with Crippen molar-refractivity contribution < 1.29 is 5.11 Å². The number of aliphatic hydroxyl groups excluding tert-OH is 1. The van der Waals surface area contributed by atoms with E-state index < -0.39 is 6.10 Å². The summed E-state index contributed by atoms with van der Waals surface area (Å²) in [5, 5.41) is 12.1. The predicted octanol–water partition coefficient (Wildman–Crippen LogP) is 5.04. The number of aromatic nitrogens is 1. The fourth-order valence-electron chi connectivity index (χ4n) is 2.29. The first-order chi connectivity index (χ1) is 10.0. The third-order valence-electron chi connectivity index (χ3n) is 3.43. The fraction of sp³-hybridized carbons (Fsp3) is 0.118. The van der Waals surface area contributed by atoms with Crippen molar-refractivity contribution in [3.8, 4) is 0 Å². The van der Waals surface area contributed by atoms with E-state index in [1.165, 1.54) is 0 Å². The van der Waals surface area contributed by atoms with Gasteiger partial charge in [-0.25, -0.2) is 0 Å². The van der Waals surface area contributed by atoms with Crippen molar-refractivity contribution in [3.63, 3.8) is 0 Å². The number of aliphatic hydroxyl groups is 1. The summed E-state index contributed by atoms with van der Waals surface area (Å²) in [7, 11) is 0. The van der Waals surface area contributed by atoms with Gasteiger partial charge in [-0.1, -0.05) is 29.8 Å². The van der Waals surface area contributed by atoms with E-state index in [9.17, 15) is 5.11 Å². The Labute approximate surface area is 136 Å². The fourth-order valence-corrected chi connectivity index (χ4v) is 2.73. The van der Waals surface area contributed by atoms with Crippen molar-refractivity contribution >= 4 is 38.4 Å². The zero-order chi connectivity index (χ0) is 15.0. The molecule has 0 spiro atoms. The van der Waals surface area contributed by atoms with Crippen molar-refractivity contribution in [1.29, 1.82) is 0 Å². The molecule has 0 bridgehead atoms. The van der Waals surface area contributed by atoms with Crippen LogP contribution >= 0.6 is 27.5 Å². The van der Waals surface area contributed by atoms with Gasteiger partial charge in [0, 0.05) is 15.6 Å². The summed E-state index contributed by atoms with van der Waals surface area (Å²) < 4.78 is 0.818. The van der Waals surface area contributed by atoms with E-state index in [0.29, 0.717) is 5.02 Å². The number of benzene rings is 2. The molecule has 0 fully saturated rings. The van der Waals surface area contributed by atoms with Gasteiger partial charge in [-0.3, -0.25) is 4.98 Å². The number of fused-ring (bicyclic) bond motifs is 1. The largest absolute Gasteiger partial charge is 0.384 e. The first-order valence-corrected chi connectivity index (χ1v) is 7.72. The SMILES string of the molecule is Cc1ccc2cc(C(O)c3ccc(Br)c(Cl)c3)ccc2n1. The highest BCUT2D eigenvalue weighted by molar-refractivity contribution is 9.10. The van der Waals surface area contributed by atoms with Crippen molar-refractivity contribution in [2.75, 3.05) is 0 Å². The lowest BCUT2D eigenvalue weighted by Crippen LogP contribution is -2.00. The number of pyridine rings is 1. The lowest BCUT2D eigenvalue weighted by Gasteiger charge is -2.13. The molecule has 1 unspecified atom stereocenters. The van der Waals surface area contributed by atoms with Crippen LogP contribution < -0.4 is 0 Å². The maximum atomic E-state index is 10.5. The Bertz CT molecular complexity index is 819. The van der Waals surface area contributed by atoms with Gasteiger partial charge in [0.15, 0.2) is 0 Å². The Kier molecular flexibility index (Phi) is 3.98. The van der Waals surface area contributed by atoms with E-state index in [0.717, 1.165) is 32.2 Å². The summed E-state index contributed by atoms with van der Waals surface area (Å²) in [6.07, 6.45) is -0.707. The van der Waals surface area contributed by atoms with Crippen molar-refractivity contribution in [2.45, 2.75) is 13.0 Å². The van der Waals surface area contributed by atoms with Crippen molar-refractivity contribution in [1.82, 2.24) is 4.98 Å². The number of hydrogen-bond acceptors (Lipinski definition) is 2. The first kappa shape index (κ1) is 14.5. The predicted molar refractivity (Wildman–Crippen MR) is 89.7 cm³/mol. The van der Waals surface area contributed by atoms with E-state index in [4.69, 9.17) is 11.6 Å². The smallest absolute Gasteiger partial charge is 0.104 e. The van der Waals surface area contributed by atoms with Gasteiger partial charge >= 0.3 is 0 Å². The van der Waals surface area contributed by atoms with Gasteiger partial charge in [-0.15, -0.1) is 0 Å². The van der Waals surface area contributed by atoms with Gasteiger partial charge < -0.3 is 5.11 Å². The van der Waals surface area contributed by atoms with Crippen LogP contribution in [-0.4, -0.2) is 10.1 Å². The van der Waals surface area contributed by atoms with E-state index in [1.807, 2.05) is 49.4 Å². The Morgan fingerprint density at radius 1 is 1.05 bits per heavy atom. The molecule has 2 nitrogen and oxygen atoms in total. The van der Waals surface area contributed by atoms with Crippen LogP contribution in [0.2, 0.25) is 5.02 Å². The van der Waals surface area contributed by atoms with Crippen LogP contribution in [0.4, 0.5) is 0 Å². The van der Waals surface area contributed by atoms with Gasteiger partial charge in [-0.05, 0) is 64.3 Å². The Hall–Kier alpha value is -1.42. The summed E-state index contributed by atoms with van der Waals surface area (Å²) in [4.78, 5) is 4.47. The third kappa shape index (κ3) is 2.95. The van der Waals surface area contributed by atoms with Gasteiger partial charge in [0.05, 0.1) is 10.5 Å². The molecule has 0 aliphatic carbocycles. The molecule has 1 N–H and O–H groups in total. The Balaban J connectivity index is 2.02. The minimum Gasteiger partial charge on any atom is -0.384 e. The minimum atomic E-state index is -0.707. The molecule has 3 aromatic rings. The second-order valence-corrected chi connectivity index (χ2v) is 6.24. The van der Waals surface area contributed by atoms with Crippen LogP contribution in [0.1, 0.15) is 22.9 Å². The average molecular weight is 363 g/mol. The molecular formula is C17H13BrClNO. The van der Waals surface area contributed by atoms with Gasteiger partial charge in [-0.2, -0.15) is 0 Å². The van der Waals surface area contributed by atoms with Crippen LogP contribution in [0.5, 0.6) is 0 Å². The van der Waals surface area contributed by atoms with E-state index in [-0.39, 0.29) is 0 Å². The molecular weight excluding hydrogens is 350 g/mol. The number of aryl methyl sites for hydroxylation is 1. The highest BCUT2D eigenvalue weighted by atomic mass is 79.9. The highest BCUT2D eigenvalue weighted by Gasteiger charge is 2.12. The Morgan fingerprint density at radius 2 is 1.76 bits per heavy atom. The van der Waals surface area contributed by atoms with Crippen molar-refractivity contribution in [2.24, 2.45) is 0 Å². The maximum Gasteiger partial charge on any atom is 0.104 e. The second kappa shape index (κ2) is 5.76. The zero-order valence-electron chi connectivity index (χ0n) is 11.3. The highest BCUT2D eigenvalue weighted by Crippen LogP contribution is 2.30. The normalized spacial score (nSPS) is 12.6. The Morgan fingerprint density at radius 3 is 2.52 bits per heavy atom. The van der Waals surface area contributed by atoms with E-state index >= 15 is 0 Å². The molecule has 0 aliphatic rings. The molecule has 21 heavy (non-hydrogen) atoms. The standard InChI is InChI=1S/C17H13BrClNO/c1-10-2-3-11-8-12(5-7-16(11)20-10)17(21)13-4-6-14(18)15(19)9-13/h2-9,17,21H,1H3. The molecule has 0 aliphatic heterocycles. The lowest BCUT2D eigenvalue weighted by atomic mass is 10.00. The molecule has 106 valence electrons. The molecule has 3 rings (SSSR count). The molecule has 1 heterocycles. The van der Waals surface area contributed by atoms with Crippen LogP contribution in [0.25, 0.3) is 10.9 Å². The summed E-state index contributed by atoms with van der Waals surface area (Å²) >= 11 is 9.44. The molecule has 1 atom stereocenters. The van der Waals surface area contributed by atoms with Crippen LogP contribution in [0, 0.1) is 6.92 Å². The monoisotopic (exact) mass is 361 g/mol. The van der Waals surface area contributed by atoms with Gasteiger partial charge in [0.2, 0.25) is 0 Å².